The maximum Gasteiger partial charge on any atom is 0.233 e. The fraction of sp³-hybridized carbons (Fsp3) is 0.0769. The SMILES string of the molecule is O=[C]C1=CC=NCC1=Cc1ccccc1O. The first-order valence-electron chi connectivity index (χ1n) is 4.88. The maximum atomic E-state index is 10.7. The van der Waals surface area contributed by atoms with Gasteiger partial charge in [0.05, 0.1) is 6.54 Å². The second-order valence-electron chi connectivity index (χ2n) is 3.40. The molecular weight excluding hydrogens is 202 g/mol. The molecule has 16 heavy (non-hydrogen) atoms. The molecule has 0 atom stereocenters. The van der Waals surface area contributed by atoms with Crippen LogP contribution in [0.1, 0.15) is 5.56 Å². The van der Waals surface area contributed by atoms with Gasteiger partial charge in [0.15, 0.2) is 0 Å². The number of hydrogen-bond acceptors (Lipinski definition) is 3. The Morgan fingerprint density at radius 2 is 2.19 bits per heavy atom. The van der Waals surface area contributed by atoms with Crippen LogP contribution in [0.15, 0.2) is 46.5 Å². The average Bonchev–Trinajstić information content (AvgIpc) is 2.33. The second kappa shape index (κ2) is 4.57. The lowest BCUT2D eigenvalue weighted by Gasteiger charge is -2.07. The molecular formula is C13H10NO2. The quantitative estimate of drug-likeness (QED) is 0.813. The molecule has 2 rings (SSSR count). The van der Waals surface area contributed by atoms with E-state index in [1.165, 1.54) is 0 Å². The Balaban J connectivity index is 2.38. The Morgan fingerprint density at radius 3 is 2.94 bits per heavy atom. The van der Waals surface area contributed by atoms with Crippen molar-refractivity contribution < 1.29 is 9.90 Å². The standard InChI is InChI=1S/C13H10NO2/c15-9-11-5-6-14-8-12(11)7-10-3-1-2-4-13(10)16/h1-7,16H,8H2. The zero-order valence-electron chi connectivity index (χ0n) is 8.55. The number of hydrogen-bond donors (Lipinski definition) is 1. The number of phenolic OH excluding ortho intramolecular Hbond substituents is 1. The molecule has 0 unspecified atom stereocenters. The van der Waals surface area contributed by atoms with E-state index < -0.39 is 0 Å². The van der Waals surface area contributed by atoms with Crippen LogP contribution in [-0.2, 0) is 4.79 Å². The maximum absolute atomic E-state index is 10.7. The first-order chi connectivity index (χ1) is 7.81. The van der Waals surface area contributed by atoms with Crippen molar-refractivity contribution in [3.8, 4) is 5.75 Å². The second-order valence-corrected chi connectivity index (χ2v) is 3.40. The molecule has 0 saturated heterocycles. The summed E-state index contributed by atoms with van der Waals surface area (Å²) in [5.41, 5.74) is 1.92. The van der Waals surface area contributed by atoms with Crippen molar-refractivity contribution in [3.63, 3.8) is 0 Å². The minimum atomic E-state index is 0.190. The molecule has 0 amide bonds. The van der Waals surface area contributed by atoms with Crippen molar-refractivity contribution in [1.29, 1.82) is 0 Å². The third kappa shape index (κ3) is 2.08. The van der Waals surface area contributed by atoms with E-state index in [1.807, 2.05) is 12.4 Å². The van der Waals surface area contributed by atoms with E-state index in [9.17, 15) is 9.90 Å². The third-order valence-corrected chi connectivity index (χ3v) is 2.33. The minimum Gasteiger partial charge on any atom is -0.507 e. The molecule has 3 nitrogen and oxygen atoms in total. The van der Waals surface area contributed by atoms with Crippen LogP contribution in [0, 0.1) is 0 Å². The molecule has 1 radical (unpaired) electrons. The Labute approximate surface area is 93.5 Å². The third-order valence-electron chi connectivity index (χ3n) is 2.33. The van der Waals surface area contributed by atoms with Crippen LogP contribution in [0.2, 0.25) is 0 Å². The molecule has 0 bridgehead atoms. The highest BCUT2D eigenvalue weighted by Crippen LogP contribution is 2.22. The van der Waals surface area contributed by atoms with E-state index in [4.69, 9.17) is 0 Å². The summed E-state index contributed by atoms with van der Waals surface area (Å²) >= 11 is 0. The highest BCUT2D eigenvalue weighted by molar-refractivity contribution is 5.93. The number of benzene rings is 1. The monoisotopic (exact) mass is 212 g/mol. The molecule has 1 aliphatic heterocycles. The summed E-state index contributed by atoms with van der Waals surface area (Å²) in [4.78, 5) is 14.7. The molecule has 79 valence electrons. The van der Waals surface area contributed by atoms with Gasteiger partial charge in [0.2, 0.25) is 6.29 Å². The zero-order chi connectivity index (χ0) is 11.4. The molecule has 1 aliphatic rings. The Morgan fingerprint density at radius 1 is 1.38 bits per heavy atom. The number of phenols is 1. The van der Waals surface area contributed by atoms with Gasteiger partial charge in [-0.05, 0) is 23.8 Å². The van der Waals surface area contributed by atoms with Crippen LogP contribution in [0.5, 0.6) is 5.75 Å². The fourth-order valence-electron chi connectivity index (χ4n) is 1.49. The topological polar surface area (TPSA) is 49.7 Å². The summed E-state index contributed by atoms with van der Waals surface area (Å²) in [6, 6.07) is 6.96. The van der Waals surface area contributed by atoms with Crippen LogP contribution in [0.3, 0.4) is 0 Å². The first-order valence-corrected chi connectivity index (χ1v) is 4.88. The summed E-state index contributed by atoms with van der Waals surface area (Å²) in [5, 5.41) is 9.60. The van der Waals surface area contributed by atoms with Crippen molar-refractivity contribution in [2.45, 2.75) is 0 Å². The van der Waals surface area contributed by atoms with Gasteiger partial charge in [0.25, 0.3) is 0 Å². The highest BCUT2D eigenvalue weighted by Gasteiger charge is 2.08. The smallest absolute Gasteiger partial charge is 0.233 e. The van der Waals surface area contributed by atoms with E-state index in [0.29, 0.717) is 17.7 Å². The van der Waals surface area contributed by atoms with Crippen molar-refractivity contribution in [2.75, 3.05) is 6.54 Å². The predicted molar refractivity (Wildman–Crippen MR) is 63.2 cm³/mol. The Hall–Kier alpha value is -2.16. The summed E-state index contributed by atoms with van der Waals surface area (Å²) in [5.74, 6) is 0.190. The fourth-order valence-corrected chi connectivity index (χ4v) is 1.49. The molecule has 1 aromatic rings. The van der Waals surface area contributed by atoms with Crippen LogP contribution < -0.4 is 0 Å². The summed E-state index contributed by atoms with van der Waals surface area (Å²) in [6.07, 6.45) is 6.82. The molecule has 1 aromatic carbocycles. The summed E-state index contributed by atoms with van der Waals surface area (Å²) in [7, 11) is 0. The Kier molecular flexibility index (Phi) is 2.96. The number of nitrogens with zero attached hydrogens (tertiary/aromatic N) is 1. The normalized spacial score (nSPS) is 17.2. The van der Waals surface area contributed by atoms with Crippen molar-refractivity contribution >= 4 is 18.6 Å². The lowest BCUT2D eigenvalue weighted by Crippen LogP contribution is -2.01. The van der Waals surface area contributed by atoms with Gasteiger partial charge in [-0.3, -0.25) is 9.79 Å². The molecule has 3 heteroatoms. The number of carbonyl (C=O) groups excluding carboxylic acids is 1. The first kappa shape index (κ1) is 10.4. The highest BCUT2D eigenvalue weighted by atomic mass is 16.3. The molecule has 0 fully saturated rings. The van der Waals surface area contributed by atoms with Crippen LogP contribution >= 0.6 is 0 Å². The average molecular weight is 212 g/mol. The molecule has 0 aromatic heterocycles. The minimum absolute atomic E-state index is 0.190. The number of dihydropyridines is 1. The number of aromatic hydroxyl groups is 1. The van der Waals surface area contributed by atoms with Crippen LogP contribution in [0.25, 0.3) is 6.08 Å². The lowest BCUT2D eigenvalue weighted by molar-refractivity contribution is 0.474. The van der Waals surface area contributed by atoms with Gasteiger partial charge in [-0.1, -0.05) is 18.2 Å². The lowest BCUT2D eigenvalue weighted by atomic mass is 10.0. The molecule has 1 heterocycles. The van der Waals surface area contributed by atoms with E-state index in [1.54, 1.807) is 36.6 Å². The van der Waals surface area contributed by atoms with Crippen LogP contribution in [-0.4, -0.2) is 24.2 Å². The molecule has 0 aliphatic carbocycles. The zero-order valence-corrected chi connectivity index (χ0v) is 8.55. The van der Waals surface area contributed by atoms with Crippen molar-refractivity contribution in [1.82, 2.24) is 0 Å². The molecule has 0 saturated carbocycles. The van der Waals surface area contributed by atoms with Gasteiger partial charge in [-0.2, -0.15) is 0 Å². The molecule has 0 spiro atoms. The number of para-hydroxylation sites is 1. The number of aliphatic imine (C=N–C) groups is 1. The predicted octanol–water partition coefficient (Wildman–Crippen LogP) is 1.90. The van der Waals surface area contributed by atoms with Gasteiger partial charge in [-0.25, -0.2) is 0 Å². The van der Waals surface area contributed by atoms with Gasteiger partial charge >= 0.3 is 0 Å². The van der Waals surface area contributed by atoms with Crippen LogP contribution in [0.4, 0.5) is 0 Å². The van der Waals surface area contributed by atoms with E-state index in [-0.39, 0.29) is 5.75 Å². The van der Waals surface area contributed by atoms with E-state index >= 15 is 0 Å². The van der Waals surface area contributed by atoms with Gasteiger partial charge in [-0.15, -0.1) is 0 Å². The van der Waals surface area contributed by atoms with Gasteiger partial charge in [0, 0.05) is 17.4 Å². The van der Waals surface area contributed by atoms with Crippen molar-refractivity contribution in [3.05, 3.63) is 47.1 Å². The summed E-state index contributed by atoms with van der Waals surface area (Å²) < 4.78 is 0. The van der Waals surface area contributed by atoms with Crippen molar-refractivity contribution in [2.24, 2.45) is 4.99 Å². The van der Waals surface area contributed by atoms with Gasteiger partial charge < -0.3 is 5.11 Å². The number of allylic oxidation sites excluding steroid dienone is 1. The largest absolute Gasteiger partial charge is 0.507 e. The van der Waals surface area contributed by atoms with E-state index in [0.717, 1.165) is 5.57 Å². The van der Waals surface area contributed by atoms with Gasteiger partial charge in [0.1, 0.15) is 5.75 Å². The summed E-state index contributed by atoms with van der Waals surface area (Å²) in [6.45, 7) is 0.440. The Bertz CT molecular complexity index is 498. The van der Waals surface area contributed by atoms with E-state index in [2.05, 4.69) is 4.99 Å². The molecule has 1 N–H and O–H groups in total. The number of rotatable bonds is 2.